The lowest BCUT2D eigenvalue weighted by Crippen LogP contribution is -2.54. The highest BCUT2D eigenvalue weighted by Crippen LogP contribution is 2.29. The van der Waals surface area contributed by atoms with Gasteiger partial charge in [-0.05, 0) is 30.9 Å². The minimum atomic E-state index is -0.0649. The van der Waals surface area contributed by atoms with Crippen LogP contribution >= 0.6 is 11.6 Å². The summed E-state index contributed by atoms with van der Waals surface area (Å²) in [5.41, 5.74) is 3.17. The second-order valence-electron chi connectivity index (χ2n) is 7.70. The average Bonchev–Trinajstić information content (AvgIpc) is 3.12. The monoisotopic (exact) mass is 415 g/mol. The molecule has 154 valence electrons. The lowest BCUT2D eigenvalue weighted by atomic mass is 9.93. The Kier molecular flexibility index (Phi) is 5.76. The second kappa shape index (κ2) is 8.45. The van der Waals surface area contributed by atoms with E-state index in [-0.39, 0.29) is 24.4 Å². The van der Waals surface area contributed by atoms with Crippen LogP contribution in [-0.4, -0.2) is 57.7 Å². The van der Waals surface area contributed by atoms with Crippen molar-refractivity contribution in [1.82, 2.24) is 24.9 Å². The SMILES string of the molecule is Cn1ncc2c1CCCC2NC(=O)N1CCN(C(=O)Cc2ccccc2Cl)CC1. The van der Waals surface area contributed by atoms with Crippen LogP contribution in [0, 0.1) is 0 Å². The number of benzene rings is 1. The van der Waals surface area contributed by atoms with Crippen LogP contribution < -0.4 is 5.32 Å². The first-order valence-corrected chi connectivity index (χ1v) is 10.5. The van der Waals surface area contributed by atoms with Gasteiger partial charge in [-0.1, -0.05) is 29.8 Å². The summed E-state index contributed by atoms with van der Waals surface area (Å²) in [5, 5.41) is 8.11. The maximum Gasteiger partial charge on any atom is 0.318 e. The van der Waals surface area contributed by atoms with Gasteiger partial charge in [0.05, 0.1) is 18.7 Å². The maximum atomic E-state index is 12.8. The minimum absolute atomic E-state index is 0.0137. The Bertz CT molecular complexity index is 904. The fourth-order valence-electron chi connectivity index (χ4n) is 4.17. The third-order valence-corrected chi connectivity index (χ3v) is 6.26. The molecule has 0 spiro atoms. The Morgan fingerprint density at radius 3 is 2.66 bits per heavy atom. The molecule has 1 saturated heterocycles. The van der Waals surface area contributed by atoms with Crippen molar-refractivity contribution in [2.45, 2.75) is 31.7 Å². The maximum absolute atomic E-state index is 12.8. The number of hydrogen-bond acceptors (Lipinski definition) is 3. The molecular formula is C21H26ClN5O2. The number of fused-ring (bicyclic) bond motifs is 1. The van der Waals surface area contributed by atoms with Crippen molar-refractivity contribution >= 4 is 23.5 Å². The Hall–Kier alpha value is -2.54. The lowest BCUT2D eigenvalue weighted by Gasteiger charge is -2.36. The summed E-state index contributed by atoms with van der Waals surface area (Å²) in [6.45, 7) is 2.15. The van der Waals surface area contributed by atoms with Crippen molar-refractivity contribution in [3.05, 3.63) is 52.3 Å². The summed E-state index contributed by atoms with van der Waals surface area (Å²) in [6.07, 6.45) is 5.13. The van der Waals surface area contributed by atoms with Gasteiger partial charge in [0.15, 0.2) is 0 Å². The van der Waals surface area contributed by atoms with Gasteiger partial charge in [0.2, 0.25) is 5.91 Å². The van der Waals surface area contributed by atoms with E-state index in [4.69, 9.17) is 11.6 Å². The van der Waals surface area contributed by atoms with E-state index >= 15 is 0 Å². The molecule has 2 aromatic rings. The Morgan fingerprint density at radius 2 is 1.90 bits per heavy atom. The van der Waals surface area contributed by atoms with E-state index in [0.29, 0.717) is 31.2 Å². The molecular weight excluding hydrogens is 390 g/mol. The van der Waals surface area contributed by atoms with Gasteiger partial charge in [-0.15, -0.1) is 0 Å². The van der Waals surface area contributed by atoms with Crippen LogP contribution in [0.5, 0.6) is 0 Å². The third kappa shape index (κ3) is 4.24. The first kappa shape index (κ1) is 19.8. The average molecular weight is 416 g/mol. The van der Waals surface area contributed by atoms with E-state index in [1.165, 1.54) is 5.69 Å². The van der Waals surface area contributed by atoms with E-state index in [1.807, 2.05) is 41.0 Å². The van der Waals surface area contributed by atoms with Gasteiger partial charge in [0.1, 0.15) is 0 Å². The van der Waals surface area contributed by atoms with Gasteiger partial charge in [-0.3, -0.25) is 9.48 Å². The third-order valence-electron chi connectivity index (χ3n) is 5.89. The van der Waals surface area contributed by atoms with Crippen molar-refractivity contribution in [3.8, 4) is 0 Å². The molecule has 0 radical (unpaired) electrons. The topological polar surface area (TPSA) is 70.5 Å². The van der Waals surface area contributed by atoms with Crippen molar-refractivity contribution in [2.24, 2.45) is 7.05 Å². The predicted molar refractivity (Wildman–Crippen MR) is 111 cm³/mol. The zero-order valence-electron chi connectivity index (χ0n) is 16.6. The van der Waals surface area contributed by atoms with Gasteiger partial charge >= 0.3 is 6.03 Å². The second-order valence-corrected chi connectivity index (χ2v) is 8.11. The van der Waals surface area contributed by atoms with Crippen molar-refractivity contribution in [2.75, 3.05) is 26.2 Å². The van der Waals surface area contributed by atoms with E-state index < -0.39 is 0 Å². The highest BCUT2D eigenvalue weighted by atomic mass is 35.5. The number of aryl methyl sites for hydroxylation is 1. The van der Waals surface area contributed by atoms with Crippen LogP contribution in [0.2, 0.25) is 5.02 Å². The number of aromatic nitrogens is 2. The van der Waals surface area contributed by atoms with Gasteiger partial charge in [0, 0.05) is 49.5 Å². The minimum Gasteiger partial charge on any atom is -0.339 e. The molecule has 1 aliphatic carbocycles. The summed E-state index contributed by atoms with van der Waals surface area (Å²) >= 11 is 6.16. The van der Waals surface area contributed by atoms with E-state index in [0.717, 1.165) is 30.4 Å². The van der Waals surface area contributed by atoms with E-state index in [1.54, 1.807) is 11.0 Å². The van der Waals surface area contributed by atoms with Crippen LogP contribution in [0.4, 0.5) is 4.79 Å². The largest absolute Gasteiger partial charge is 0.339 e. The van der Waals surface area contributed by atoms with Crippen molar-refractivity contribution in [3.63, 3.8) is 0 Å². The molecule has 1 aromatic heterocycles. The quantitative estimate of drug-likeness (QED) is 0.837. The molecule has 8 heteroatoms. The van der Waals surface area contributed by atoms with E-state index in [9.17, 15) is 9.59 Å². The van der Waals surface area contributed by atoms with Crippen molar-refractivity contribution in [1.29, 1.82) is 0 Å². The molecule has 1 atom stereocenters. The number of piperazine rings is 1. The Balaban J connectivity index is 1.30. The summed E-state index contributed by atoms with van der Waals surface area (Å²) < 4.78 is 1.90. The van der Waals surface area contributed by atoms with Gasteiger partial charge in [-0.2, -0.15) is 5.10 Å². The normalized spacial score (nSPS) is 19.0. The fraction of sp³-hybridized carbons (Fsp3) is 0.476. The molecule has 29 heavy (non-hydrogen) atoms. The lowest BCUT2D eigenvalue weighted by molar-refractivity contribution is -0.131. The van der Waals surface area contributed by atoms with Crippen LogP contribution in [0.3, 0.4) is 0 Å². The molecule has 1 aliphatic heterocycles. The fourth-order valence-corrected chi connectivity index (χ4v) is 4.37. The Morgan fingerprint density at radius 1 is 1.17 bits per heavy atom. The molecule has 1 unspecified atom stereocenters. The zero-order chi connectivity index (χ0) is 20.4. The summed E-state index contributed by atoms with van der Waals surface area (Å²) in [6, 6.07) is 7.36. The number of carbonyl (C=O) groups is 2. The molecule has 1 aromatic carbocycles. The summed E-state index contributed by atoms with van der Waals surface area (Å²) in [5.74, 6) is 0.0467. The predicted octanol–water partition coefficient (Wildman–Crippen LogP) is 2.55. The van der Waals surface area contributed by atoms with Crippen LogP contribution in [0.25, 0.3) is 0 Å². The number of halogens is 1. The van der Waals surface area contributed by atoms with Gasteiger partial charge in [0.25, 0.3) is 0 Å². The Labute approximate surface area is 175 Å². The molecule has 1 N–H and O–H groups in total. The van der Waals surface area contributed by atoms with Crippen LogP contribution in [0.15, 0.2) is 30.5 Å². The first-order chi connectivity index (χ1) is 14.0. The standard InChI is InChI=1S/C21H26ClN5O2/c1-25-19-8-4-7-18(16(19)14-23-25)24-21(29)27-11-9-26(10-12-27)20(28)13-15-5-2-3-6-17(15)22/h2-3,5-6,14,18H,4,7-13H2,1H3,(H,24,29). The van der Waals surface area contributed by atoms with Crippen molar-refractivity contribution < 1.29 is 9.59 Å². The number of hydrogen-bond donors (Lipinski definition) is 1. The molecule has 0 bridgehead atoms. The number of rotatable bonds is 3. The smallest absolute Gasteiger partial charge is 0.318 e. The number of nitrogens with zero attached hydrogens (tertiary/aromatic N) is 4. The molecule has 2 heterocycles. The number of carbonyl (C=O) groups excluding carboxylic acids is 2. The molecule has 4 rings (SSSR count). The molecule has 7 nitrogen and oxygen atoms in total. The summed E-state index contributed by atoms with van der Waals surface area (Å²) in [7, 11) is 1.95. The number of urea groups is 1. The van der Waals surface area contributed by atoms with Gasteiger partial charge in [-0.25, -0.2) is 4.79 Å². The number of amides is 3. The van der Waals surface area contributed by atoms with E-state index in [2.05, 4.69) is 10.4 Å². The highest BCUT2D eigenvalue weighted by molar-refractivity contribution is 6.31. The summed E-state index contributed by atoms with van der Waals surface area (Å²) in [4.78, 5) is 29.0. The molecule has 1 fully saturated rings. The highest BCUT2D eigenvalue weighted by Gasteiger charge is 2.29. The first-order valence-electron chi connectivity index (χ1n) is 10.1. The number of nitrogens with one attached hydrogen (secondary N) is 1. The molecule has 0 saturated carbocycles. The zero-order valence-corrected chi connectivity index (χ0v) is 17.4. The van der Waals surface area contributed by atoms with Gasteiger partial charge < -0.3 is 15.1 Å². The molecule has 3 amide bonds. The van der Waals surface area contributed by atoms with Crippen LogP contribution in [0.1, 0.15) is 35.7 Å². The van der Waals surface area contributed by atoms with Crippen LogP contribution in [-0.2, 0) is 24.7 Å². The molecule has 2 aliphatic rings.